The number of carbonyl (C=O) groups excluding carboxylic acids is 1. The molecule has 1 amide bonds. The standard InChI is InChI=1S/C30H31Cl2N3O3/c1-37-28-9-7-23(16-29(28)38-15-12-22-6-8-26(31)17-27(22)32)30(36)34-19-21-10-13-35(14-11-21)20-25-5-3-2-4-24(25)18-33/h2-9,16-17,21H,10-15,19-20H2,1H3,(H,34,36). The second kappa shape index (κ2) is 13.5. The number of halogens is 2. The highest BCUT2D eigenvalue weighted by Gasteiger charge is 2.21. The average molecular weight is 553 g/mol. The molecule has 3 aromatic rings. The number of nitrogens with zero attached hydrogens (tertiary/aromatic N) is 2. The van der Waals surface area contributed by atoms with E-state index < -0.39 is 0 Å². The molecule has 0 radical (unpaired) electrons. The fourth-order valence-corrected chi connectivity index (χ4v) is 5.13. The van der Waals surface area contributed by atoms with E-state index in [1.165, 1.54) is 0 Å². The first-order valence-corrected chi connectivity index (χ1v) is 13.5. The molecule has 1 saturated heterocycles. The van der Waals surface area contributed by atoms with Gasteiger partial charge < -0.3 is 14.8 Å². The number of benzene rings is 3. The summed E-state index contributed by atoms with van der Waals surface area (Å²) in [6.07, 6.45) is 2.59. The van der Waals surface area contributed by atoms with E-state index >= 15 is 0 Å². The van der Waals surface area contributed by atoms with Gasteiger partial charge in [-0.2, -0.15) is 5.26 Å². The van der Waals surface area contributed by atoms with Gasteiger partial charge in [0.25, 0.3) is 5.91 Å². The fourth-order valence-electron chi connectivity index (χ4n) is 4.62. The number of amides is 1. The Balaban J connectivity index is 1.26. The molecule has 4 rings (SSSR count). The molecule has 6 nitrogen and oxygen atoms in total. The number of rotatable bonds is 10. The first-order valence-electron chi connectivity index (χ1n) is 12.7. The number of hydrogen-bond donors (Lipinski definition) is 1. The van der Waals surface area contributed by atoms with E-state index in [9.17, 15) is 10.1 Å². The number of hydrogen-bond acceptors (Lipinski definition) is 5. The molecule has 0 saturated carbocycles. The minimum atomic E-state index is -0.136. The summed E-state index contributed by atoms with van der Waals surface area (Å²) in [5.74, 6) is 1.36. The van der Waals surface area contributed by atoms with Crippen LogP contribution in [0.1, 0.15) is 39.9 Å². The first-order chi connectivity index (χ1) is 18.5. The van der Waals surface area contributed by atoms with Crippen LogP contribution in [0.5, 0.6) is 11.5 Å². The number of methoxy groups -OCH3 is 1. The maximum absolute atomic E-state index is 12.9. The second-order valence-electron chi connectivity index (χ2n) is 9.40. The van der Waals surface area contributed by atoms with Gasteiger partial charge in [0.05, 0.1) is 25.3 Å². The van der Waals surface area contributed by atoms with Crippen molar-refractivity contribution in [3.8, 4) is 17.6 Å². The van der Waals surface area contributed by atoms with Gasteiger partial charge in [-0.25, -0.2) is 0 Å². The van der Waals surface area contributed by atoms with Crippen molar-refractivity contribution in [1.29, 1.82) is 5.26 Å². The summed E-state index contributed by atoms with van der Waals surface area (Å²) in [6.45, 7) is 3.66. The third kappa shape index (κ3) is 7.41. The van der Waals surface area contributed by atoms with E-state index in [4.69, 9.17) is 32.7 Å². The van der Waals surface area contributed by atoms with Crippen LogP contribution in [0.15, 0.2) is 60.7 Å². The maximum Gasteiger partial charge on any atom is 0.251 e. The lowest BCUT2D eigenvalue weighted by Gasteiger charge is -2.32. The Labute approximate surface area is 234 Å². The molecular weight excluding hydrogens is 521 g/mol. The Hall–Kier alpha value is -3.24. The van der Waals surface area contributed by atoms with Crippen molar-refractivity contribution in [2.24, 2.45) is 5.92 Å². The zero-order valence-electron chi connectivity index (χ0n) is 21.4. The molecular formula is C30H31Cl2N3O3. The van der Waals surface area contributed by atoms with Gasteiger partial charge >= 0.3 is 0 Å². The molecule has 198 valence electrons. The fraction of sp³-hybridized carbons (Fsp3) is 0.333. The lowest BCUT2D eigenvalue weighted by atomic mass is 9.96. The van der Waals surface area contributed by atoms with Crippen LogP contribution >= 0.6 is 23.2 Å². The predicted molar refractivity (Wildman–Crippen MR) is 150 cm³/mol. The molecule has 38 heavy (non-hydrogen) atoms. The number of piperidine rings is 1. The monoisotopic (exact) mass is 551 g/mol. The van der Waals surface area contributed by atoms with Crippen molar-refractivity contribution in [2.75, 3.05) is 33.4 Å². The molecule has 1 heterocycles. The van der Waals surface area contributed by atoms with Crippen LogP contribution in [0, 0.1) is 17.2 Å². The van der Waals surface area contributed by atoms with Gasteiger partial charge in [-0.05, 0) is 79.4 Å². The van der Waals surface area contributed by atoms with E-state index in [0.29, 0.717) is 52.6 Å². The SMILES string of the molecule is COc1ccc(C(=O)NCC2CCN(Cc3ccccc3C#N)CC2)cc1OCCc1ccc(Cl)cc1Cl. The molecule has 0 bridgehead atoms. The highest BCUT2D eigenvalue weighted by molar-refractivity contribution is 6.35. The van der Waals surface area contributed by atoms with Gasteiger partial charge in [0.2, 0.25) is 0 Å². The topological polar surface area (TPSA) is 74.6 Å². The predicted octanol–water partition coefficient (Wildman–Crippen LogP) is 6.14. The molecule has 1 N–H and O–H groups in total. The van der Waals surface area contributed by atoms with Crippen molar-refractivity contribution in [1.82, 2.24) is 10.2 Å². The molecule has 0 atom stereocenters. The van der Waals surface area contributed by atoms with E-state index in [-0.39, 0.29) is 5.91 Å². The van der Waals surface area contributed by atoms with Crippen molar-refractivity contribution >= 4 is 29.1 Å². The number of nitriles is 1. The zero-order valence-corrected chi connectivity index (χ0v) is 22.9. The van der Waals surface area contributed by atoms with E-state index in [2.05, 4.69) is 16.3 Å². The lowest BCUT2D eigenvalue weighted by Crippen LogP contribution is -2.38. The van der Waals surface area contributed by atoms with Crippen LogP contribution < -0.4 is 14.8 Å². The van der Waals surface area contributed by atoms with Gasteiger partial charge in [-0.1, -0.05) is 47.5 Å². The minimum absolute atomic E-state index is 0.136. The highest BCUT2D eigenvalue weighted by Crippen LogP contribution is 2.29. The van der Waals surface area contributed by atoms with E-state index in [1.807, 2.05) is 30.3 Å². The van der Waals surface area contributed by atoms with Gasteiger partial charge in [0.1, 0.15) is 0 Å². The largest absolute Gasteiger partial charge is 0.493 e. The summed E-state index contributed by atoms with van der Waals surface area (Å²) in [5.41, 5.74) is 3.26. The Kier molecular flexibility index (Phi) is 9.89. The third-order valence-electron chi connectivity index (χ3n) is 6.86. The molecule has 0 spiro atoms. The normalized spacial score (nSPS) is 14.1. The van der Waals surface area contributed by atoms with Gasteiger partial charge in [0.15, 0.2) is 11.5 Å². The third-order valence-corrected chi connectivity index (χ3v) is 7.45. The first kappa shape index (κ1) is 27.8. The van der Waals surface area contributed by atoms with Crippen molar-refractivity contribution in [3.63, 3.8) is 0 Å². The van der Waals surface area contributed by atoms with E-state index in [1.54, 1.807) is 37.4 Å². The average Bonchev–Trinajstić information content (AvgIpc) is 2.94. The molecule has 1 fully saturated rings. The van der Waals surface area contributed by atoms with Crippen molar-refractivity contribution < 1.29 is 14.3 Å². The number of carbonyl (C=O) groups is 1. The second-order valence-corrected chi connectivity index (χ2v) is 10.2. The number of nitrogens with one attached hydrogen (secondary N) is 1. The summed E-state index contributed by atoms with van der Waals surface area (Å²) in [6, 6.07) is 20.6. The van der Waals surface area contributed by atoms with Crippen LogP contribution in [0.4, 0.5) is 0 Å². The van der Waals surface area contributed by atoms with Gasteiger partial charge in [0, 0.05) is 35.1 Å². The summed E-state index contributed by atoms with van der Waals surface area (Å²) >= 11 is 12.2. The van der Waals surface area contributed by atoms with Crippen LogP contribution in [0.2, 0.25) is 10.0 Å². The Bertz CT molecular complexity index is 1300. The van der Waals surface area contributed by atoms with Crippen LogP contribution in [-0.2, 0) is 13.0 Å². The molecule has 1 aliphatic rings. The Morgan fingerprint density at radius 2 is 1.84 bits per heavy atom. The summed E-state index contributed by atoms with van der Waals surface area (Å²) < 4.78 is 11.4. The van der Waals surface area contributed by atoms with E-state index in [0.717, 1.165) is 49.2 Å². The number of likely N-dealkylation sites (tertiary alicyclic amines) is 1. The Morgan fingerprint density at radius 1 is 1.05 bits per heavy atom. The number of ether oxygens (including phenoxy) is 2. The van der Waals surface area contributed by atoms with Gasteiger partial charge in [-0.15, -0.1) is 0 Å². The molecule has 0 aliphatic carbocycles. The minimum Gasteiger partial charge on any atom is -0.493 e. The molecule has 0 unspecified atom stereocenters. The van der Waals surface area contributed by atoms with Crippen LogP contribution in [0.3, 0.4) is 0 Å². The molecule has 8 heteroatoms. The smallest absolute Gasteiger partial charge is 0.251 e. The quantitative estimate of drug-likeness (QED) is 0.327. The molecule has 3 aromatic carbocycles. The highest BCUT2D eigenvalue weighted by atomic mass is 35.5. The van der Waals surface area contributed by atoms with Crippen molar-refractivity contribution in [3.05, 3.63) is 93.0 Å². The zero-order chi connectivity index (χ0) is 26.9. The maximum atomic E-state index is 12.9. The van der Waals surface area contributed by atoms with Crippen LogP contribution in [-0.4, -0.2) is 44.2 Å². The molecule has 1 aliphatic heterocycles. The lowest BCUT2D eigenvalue weighted by molar-refractivity contribution is 0.0934. The van der Waals surface area contributed by atoms with Gasteiger partial charge in [-0.3, -0.25) is 9.69 Å². The summed E-state index contributed by atoms with van der Waals surface area (Å²) in [5, 5.41) is 13.6. The summed E-state index contributed by atoms with van der Waals surface area (Å²) in [7, 11) is 1.57. The van der Waals surface area contributed by atoms with Crippen LogP contribution in [0.25, 0.3) is 0 Å². The van der Waals surface area contributed by atoms with Crippen molar-refractivity contribution in [2.45, 2.75) is 25.8 Å². The Morgan fingerprint density at radius 3 is 2.58 bits per heavy atom. The molecule has 0 aromatic heterocycles. The summed E-state index contributed by atoms with van der Waals surface area (Å²) in [4.78, 5) is 15.3.